The van der Waals surface area contributed by atoms with Gasteiger partial charge in [-0.15, -0.1) is 0 Å². The highest BCUT2D eigenvalue weighted by atomic mass is 19.1. The lowest BCUT2D eigenvalue weighted by molar-refractivity contribution is 0.102. The highest BCUT2D eigenvalue weighted by molar-refractivity contribution is 6.04. The first kappa shape index (κ1) is 12.1. The zero-order valence-electron chi connectivity index (χ0n) is 9.77. The summed E-state index contributed by atoms with van der Waals surface area (Å²) < 4.78 is 13.4. The molecule has 18 heavy (non-hydrogen) atoms. The summed E-state index contributed by atoms with van der Waals surface area (Å²) in [6, 6.07) is 10.6. The van der Waals surface area contributed by atoms with Crippen LogP contribution in [0.4, 0.5) is 10.1 Å². The van der Waals surface area contributed by atoms with Crippen molar-refractivity contribution in [1.29, 1.82) is 0 Å². The summed E-state index contributed by atoms with van der Waals surface area (Å²) in [5.74, 6) is -1.24. The van der Waals surface area contributed by atoms with E-state index in [1.807, 2.05) is 13.0 Å². The number of amides is 1. The third kappa shape index (κ3) is 2.66. The second kappa shape index (κ2) is 4.87. The molecule has 0 aromatic heterocycles. The Morgan fingerprint density at radius 3 is 2.67 bits per heavy atom. The van der Waals surface area contributed by atoms with Crippen molar-refractivity contribution in [2.75, 3.05) is 5.32 Å². The maximum Gasteiger partial charge on any atom is 0.255 e. The Labute approximate surface area is 104 Å². The van der Waals surface area contributed by atoms with Crippen LogP contribution < -0.4 is 5.32 Å². The van der Waals surface area contributed by atoms with E-state index in [4.69, 9.17) is 5.11 Å². The average molecular weight is 245 g/mol. The summed E-state index contributed by atoms with van der Waals surface area (Å²) in [6.07, 6.45) is 0. The van der Waals surface area contributed by atoms with Gasteiger partial charge in [-0.3, -0.25) is 4.79 Å². The Bertz CT molecular complexity index is 596. The van der Waals surface area contributed by atoms with Gasteiger partial charge in [0.1, 0.15) is 11.6 Å². The highest BCUT2D eigenvalue weighted by Crippen LogP contribution is 2.20. The molecule has 0 aliphatic rings. The van der Waals surface area contributed by atoms with E-state index in [-0.39, 0.29) is 17.3 Å². The maximum absolute atomic E-state index is 13.4. The molecule has 0 aliphatic heterocycles. The number of carbonyl (C=O) groups is 1. The topological polar surface area (TPSA) is 49.3 Å². The molecule has 2 N–H and O–H groups in total. The molecule has 2 aromatic rings. The molecule has 0 fully saturated rings. The van der Waals surface area contributed by atoms with Gasteiger partial charge in [0.05, 0.1) is 5.69 Å². The monoisotopic (exact) mass is 245 g/mol. The highest BCUT2D eigenvalue weighted by Gasteiger charge is 2.09. The molecule has 0 saturated heterocycles. The van der Waals surface area contributed by atoms with E-state index in [0.717, 1.165) is 11.6 Å². The number of carbonyl (C=O) groups excluding carboxylic acids is 1. The van der Waals surface area contributed by atoms with E-state index in [1.54, 1.807) is 18.2 Å². The van der Waals surface area contributed by atoms with Gasteiger partial charge in [-0.1, -0.05) is 17.7 Å². The smallest absolute Gasteiger partial charge is 0.255 e. The minimum Gasteiger partial charge on any atom is -0.508 e. The minimum absolute atomic E-state index is 0.0410. The molecule has 2 aromatic carbocycles. The van der Waals surface area contributed by atoms with Gasteiger partial charge in [-0.25, -0.2) is 4.39 Å². The zero-order chi connectivity index (χ0) is 13.1. The quantitative estimate of drug-likeness (QED) is 0.799. The number of anilines is 1. The Hall–Kier alpha value is -2.36. The van der Waals surface area contributed by atoms with Crippen LogP contribution in [0.25, 0.3) is 0 Å². The van der Waals surface area contributed by atoms with Gasteiger partial charge in [0.25, 0.3) is 5.91 Å². The lowest BCUT2D eigenvalue weighted by Crippen LogP contribution is -2.12. The van der Waals surface area contributed by atoms with E-state index in [0.29, 0.717) is 5.56 Å². The minimum atomic E-state index is -0.670. The fraction of sp³-hybridized carbons (Fsp3) is 0.0714. The molecule has 0 atom stereocenters. The van der Waals surface area contributed by atoms with Crippen LogP contribution in [0.5, 0.6) is 5.75 Å². The van der Waals surface area contributed by atoms with Gasteiger partial charge in [0, 0.05) is 11.6 Å². The third-order valence-corrected chi connectivity index (χ3v) is 2.48. The van der Waals surface area contributed by atoms with Crippen LogP contribution in [0.3, 0.4) is 0 Å². The number of nitrogens with one attached hydrogen (secondary N) is 1. The van der Waals surface area contributed by atoms with Gasteiger partial charge in [0.15, 0.2) is 0 Å². The summed E-state index contributed by atoms with van der Waals surface area (Å²) in [7, 11) is 0. The molecular formula is C14H12FNO2. The number of hydrogen-bond acceptors (Lipinski definition) is 2. The van der Waals surface area contributed by atoms with E-state index >= 15 is 0 Å². The summed E-state index contributed by atoms with van der Waals surface area (Å²) >= 11 is 0. The molecule has 0 spiro atoms. The van der Waals surface area contributed by atoms with Gasteiger partial charge >= 0.3 is 0 Å². The van der Waals surface area contributed by atoms with Crippen LogP contribution in [0.15, 0.2) is 42.5 Å². The van der Waals surface area contributed by atoms with Crippen LogP contribution in [0.2, 0.25) is 0 Å². The van der Waals surface area contributed by atoms with Crippen molar-refractivity contribution >= 4 is 11.6 Å². The Kier molecular flexibility index (Phi) is 3.28. The van der Waals surface area contributed by atoms with Crippen molar-refractivity contribution in [3.05, 3.63) is 59.4 Å². The van der Waals surface area contributed by atoms with Crippen molar-refractivity contribution in [2.24, 2.45) is 0 Å². The SMILES string of the molecule is Cc1cccc(C(=O)Nc2ccc(O)cc2F)c1. The summed E-state index contributed by atoms with van der Waals surface area (Å²) in [4.78, 5) is 11.9. The first-order chi connectivity index (χ1) is 8.56. The molecule has 1 amide bonds. The molecular weight excluding hydrogens is 233 g/mol. The van der Waals surface area contributed by atoms with Crippen molar-refractivity contribution in [3.8, 4) is 5.75 Å². The lowest BCUT2D eigenvalue weighted by atomic mass is 10.1. The molecule has 0 aliphatic carbocycles. The molecule has 3 nitrogen and oxygen atoms in total. The Morgan fingerprint density at radius 1 is 1.22 bits per heavy atom. The standard InChI is InChI=1S/C14H12FNO2/c1-9-3-2-4-10(7-9)14(18)16-13-6-5-11(17)8-12(13)15/h2-8,17H,1H3,(H,16,18). The molecule has 0 heterocycles. The summed E-state index contributed by atoms with van der Waals surface area (Å²) in [5.41, 5.74) is 1.45. The van der Waals surface area contributed by atoms with Crippen LogP contribution in [0.1, 0.15) is 15.9 Å². The van der Waals surface area contributed by atoms with Crippen molar-refractivity contribution in [3.63, 3.8) is 0 Å². The van der Waals surface area contributed by atoms with E-state index < -0.39 is 5.82 Å². The second-order valence-corrected chi connectivity index (χ2v) is 3.99. The average Bonchev–Trinajstić information content (AvgIpc) is 2.32. The van der Waals surface area contributed by atoms with Gasteiger partial charge in [0.2, 0.25) is 0 Å². The Morgan fingerprint density at radius 2 is 2.00 bits per heavy atom. The third-order valence-electron chi connectivity index (χ3n) is 2.48. The fourth-order valence-corrected chi connectivity index (χ4v) is 1.59. The van der Waals surface area contributed by atoms with Crippen molar-refractivity contribution < 1.29 is 14.3 Å². The van der Waals surface area contributed by atoms with Gasteiger partial charge < -0.3 is 10.4 Å². The van der Waals surface area contributed by atoms with Crippen molar-refractivity contribution in [1.82, 2.24) is 0 Å². The molecule has 0 saturated carbocycles. The first-order valence-electron chi connectivity index (χ1n) is 5.43. The number of hydrogen-bond donors (Lipinski definition) is 2. The Balaban J connectivity index is 2.21. The van der Waals surface area contributed by atoms with Gasteiger partial charge in [-0.05, 0) is 31.2 Å². The number of aryl methyl sites for hydroxylation is 1. The number of benzene rings is 2. The number of aromatic hydroxyl groups is 1. The van der Waals surface area contributed by atoms with E-state index in [9.17, 15) is 9.18 Å². The largest absolute Gasteiger partial charge is 0.508 e. The molecule has 92 valence electrons. The number of halogens is 1. The number of phenolic OH excluding ortho intramolecular Hbond substituents is 1. The van der Waals surface area contributed by atoms with Gasteiger partial charge in [-0.2, -0.15) is 0 Å². The summed E-state index contributed by atoms with van der Waals surface area (Å²) in [5, 5.41) is 11.5. The molecule has 2 rings (SSSR count). The lowest BCUT2D eigenvalue weighted by Gasteiger charge is -2.07. The first-order valence-corrected chi connectivity index (χ1v) is 5.43. The predicted octanol–water partition coefficient (Wildman–Crippen LogP) is 3.09. The normalized spacial score (nSPS) is 10.1. The molecule has 0 radical (unpaired) electrons. The number of phenols is 1. The molecule has 4 heteroatoms. The fourth-order valence-electron chi connectivity index (χ4n) is 1.59. The van der Waals surface area contributed by atoms with Crippen LogP contribution in [-0.4, -0.2) is 11.0 Å². The predicted molar refractivity (Wildman–Crippen MR) is 67.2 cm³/mol. The van der Waals surface area contributed by atoms with Crippen molar-refractivity contribution in [2.45, 2.75) is 6.92 Å². The molecule has 0 bridgehead atoms. The number of rotatable bonds is 2. The van der Waals surface area contributed by atoms with Crippen LogP contribution >= 0.6 is 0 Å². The van der Waals surface area contributed by atoms with Crippen LogP contribution in [-0.2, 0) is 0 Å². The molecule has 0 unspecified atom stereocenters. The zero-order valence-corrected chi connectivity index (χ0v) is 9.77. The second-order valence-electron chi connectivity index (χ2n) is 3.99. The van der Waals surface area contributed by atoms with E-state index in [2.05, 4.69) is 5.32 Å². The maximum atomic E-state index is 13.4. The van der Waals surface area contributed by atoms with Crippen LogP contribution in [0, 0.1) is 12.7 Å². The van der Waals surface area contributed by atoms with E-state index in [1.165, 1.54) is 12.1 Å². The summed E-state index contributed by atoms with van der Waals surface area (Å²) in [6.45, 7) is 1.87.